The van der Waals surface area contributed by atoms with Crippen LogP contribution in [0.2, 0.25) is 0 Å². The van der Waals surface area contributed by atoms with Crippen molar-refractivity contribution in [2.24, 2.45) is 0 Å². The van der Waals surface area contributed by atoms with Crippen LogP contribution in [-0.2, 0) is 14.3 Å². The highest BCUT2D eigenvalue weighted by Gasteiger charge is 2.24. The van der Waals surface area contributed by atoms with Gasteiger partial charge in [0.1, 0.15) is 6.10 Å². The Morgan fingerprint density at radius 2 is 1.26 bits per heavy atom. The van der Waals surface area contributed by atoms with E-state index in [1.807, 2.05) is 0 Å². The van der Waals surface area contributed by atoms with Crippen molar-refractivity contribution in [3.05, 3.63) is 0 Å². The second-order valence-corrected chi connectivity index (χ2v) is 7.67. The van der Waals surface area contributed by atoms with E-state index in [2.05, 4.69) is 12.2 Å². The molecular formula is C22H43NO4. The Balaban J connectivity index is 3.73. The summed E-state index contributed by atoms with van der Waals surface area (Å²) in [6.45, 7) is 4.79. The van der Waals surface area contributed by atoms with Gasteiger partial charge in [-0.1, -0.05) is 84.0 Å². The zero-order chi connectivity index (χ0) is 20.3. The fourth-order valence-electron chi connectivity index (χ4n) is 3.44. The first-order valence-electron chi connectivity index (χ1n) is 11.1. The topological polar surface area (TPSA) is 75.6 Å². The van der Waals surface area contributed by atoms with E-state index in [0.717, 1.165) is 12.8 Å². The van der Waals surface area contributed by atoms with Gasteiger partial charge < -0.3 is 15.2 Å². The molecule has 0 heterocycles. The molecule has 5 nitrogen and oxygen atoms in total. The predicted molar refractivity (Wildman–Crippen MR) is 111 cm³/mol. The van der Waals surface area contributed by atoms with E-state index in [9.17, 15) is 14.7 Å². The Labute approximate surface area is 166 Å². The lowest BCUT2D eigenvalue weighted by Crippen LogP contribution is -2.46. The van der Waals surface area contributed by atoms with Gasteiger partial charge in [-0.25, -0.2) is 0 Å². The fraction of sp³-hybridized carbons (Fsp3) is 0.909. The number of rotatable bonds is 18. The molecule has 0 radical (unpaired) electrons. The SMILES string of the molecule is CCCCCCCCCCCCCCC[C@@H](OC(C)=O)[C@H](CO)NC(C)=O. The number of unbranched alkanes of at least 4 members (excludes halogenated alkanes) is 12. The van der Waals surface area contributed by atoms with Gasteiger partial charge in [0.25, 0.3) is 0 Å². The van der Waals surface area contributed by atoms with Gasteiger partial charge >= 0.3 is 5.97 Å². The summed E-state index contributed by atoms with van der Waals surface area (Å²) >= 11 is 0. The molecule has 2 atom stereocenters. The van der Waals surface area contributed by atoms with Crippen LogP contribution in [0.1, 0.15) is 111 Å². The molecule has 0 saturated heterocycles. The second kappa shape index (κ2) is 18.3. The third-order valence-corrected chi connectivity index (χ3v) is 4.94. The predicted octanol–water partition coefficient (Wildman–Crippen LogP) is 4.90. The van der Waals surface area contributed by atoms with Gasteiger partial charge in [-0.2, -0.15) is 0 Å². The quantitative estimate of drug-likeness (QED) is 0.260. The Morgan fingerprint density at radius 1 is 0.815 bits per heavy atom. The first-order chi connectivity index (χ1) is 13.0. The number of nitrogens with one attached hydrogen (secondary N) is 1. The molecule has 0 saturated carbocycles. The minimum Gasteiger partial charge on any atom is -0.460 e. The lowest BCUT2D eigenvalue weighted by molar-refractivity contribution is -0.149. The molecule has 0 rings (SSSR count). The summed E-state index contributed by atoms with van der Waals surface area (Å²) in [7, 11) is 0. The van der Waals surface area contributed by atoms with Gasteiger partial charge in [-0.05, 0) is 12.8 Å². The van der Waals surface area contributed by atoms with E-state index in [1.54, 1.807) is 0 Å². The number of esters is 1. The molecule has 0 bridgehead atoms. The molecule has 0 aliphatic heterocycles. The van der Waals surface area contributed by atoms with Crippen LogP contribution in [0, 0.1) is 0 Å². The van der Waals surface area contributed by atoms with Crippen LogP contribution in [0.3, 0.4) is 0 Å². The summed E-state index contributed by atoms with van der Waals surface area (Å²) in [6, 6.07) is -0.524. The smallest absolute Gasteiger partial charge is 0.302 e. The Morgan fingerprint density at radius 3 is 1.63 bits per heavy atom. The Hall–Kier alpha value is -1.10. The van der Waals surface area contributed by atoms with E-state index in [-0.39, 0.29) is 18.5 Å². The molecule has 0 aliphatic carbocycles. The van der Waals surface area contributed by atoms with Crippen LogP contribution in [0.15, 0.2) is 0 Å². The van der Waals surface area contributed by atoms with E-state index in [0.29, 0.717) is 6.42 Å². The molecule has 160 valence electrons. The van der Waals surface area contributed by atoms with Crippen LogP contribution in [-0.4, -0.2) is 35.7 Å². The normalized spacial score (nSPS) is 13.2. The number of hydrogen-bond acceptors (Lipinski definition) is 4. The van der Waals surface area contributed by atoms with E-state index in [1.165, 1.54) is 84.5 Å². The summed E-state index contributed by atoms with van der Waals surface area (Å²) < 4.78 is 5.30. The molecule has 0 unspecified atom stereocenters. The van der Waals surface area contributed by atoms with E-state index >= 15 is 0 Å². The first-order valence-corrected chi connectivity index (χ1v) is 11.1. The average molecular weight is 386 g/mol. The van der Waals surface area contributed by atoms with Crippen molar-refractivity contribution in [1.82, 2.24) is 5.32 Å². The van der Waals surface area contributed by atoms with Gasteiger partial charge in [0, 0.05) is 13.8 Å². The molecule has 1 amide bonds. The molecular weight excluding hydrogens is 342 g/mol. The van der Waals surface area contributed by atoms with E-state index < -0.39 is 12.1 Å². The van der Waals surface area contributed by atoms with Gasteiger partial charge in [-0.15, -0.1) is 0 Å². The molecule has 2 N–H and O–H groups in total. The molecule has 5 heteroatoms. The highest BCUT2D eigenvalue weighted by Crippen LogP contribution is 2.15. The maximum absolute atomic E-state index is 11.3. The summed E-state index contributed by atoms with van der Waals surface area (Å²) in [6.07, 6.45) is 16.9. The highest BCUT2D eigenvalue weighted by atomic mass is 16.5. The van der Waals surface area contributed by atoms with Crippen molar-refractivity contribution in [2.45, 2.75) is 123 Å². The lowest BCUT2D eigenvalue weighted by atomic mass is 10.0. The number of amides is 1. The second-order valence-electron chi connectivity index (χ2n) is 7.67. The average Bonchev–Trinajstić information content (AvgIpc) is 2.62. The third-order valence-electron chi connectivity index (χ3n) is 4.94. The zero-order valence-corrected chi connectivity index (χ0v) is 17.9. The van der Waals surface area contributed by atoms with Crippen LogP contribution >= 0.6 is 0 Å². The van der Waals surface area contributed by atoms with Gasteiger partial charge in [-0.3, -0.25) is 9.59 Å². The van der Waals surface area contributed by atoms with Crippen molar-refractivity contribution < 1.29 is 19.4 Å². The van der Waals surface area contributed by atoms with Crippen molar-refractivity contribution >= 4 is 11.9 Å². The first kappa shape index (κ1) is 25.9. The van der Waals surface area contributed by atoms with E-state index in [4.69, 9.17) is 4.74 Å². The van der Waals surface area contributed by atoms with Crippen LogP contribution < -0.4 is 5.32 Å². The number of carbonyl (C=O) groups excluding carboxylic acids is 2. The Bertz CT molecular complexity index is 373. The van der Waals surface area contributed by atoms with Crippen LogP contribution in [0.4, 0.5) is 0 Å². The largest absolute Gasteiger partial charge is 0.460 e. The number of carbonyl (C=O) groups is 2. The number of ether oxygens (including phenoxy) is 1. The molecule has 0 aromatic rings. The maximum Gasteiger partial charge on any atom is 0.302 e. The summed E-state index contributed by atoms with van der Waals surface area (Å²) in [5.74, 6) is -0.602. The molecule has 0 aliphatic rings. The Kier molecular flexibility index (Phi) is 17.5. The van der Waals surface area contributed by atoms with Gasteiger partial charge in [0.2, 0.25) is 5.91 Å². The lowest BCUT2D eigenvalue weighted by Gasteiger charge is -2.25. The highest BCUT2D eigenvalue weighted by molar-refractivity contribution is 5.73. The number of aliphatic hydroxyl groups is 1. The summed E-state index contributed by atoms with van der Waals surface area (Å²) in [4.78, 5) is 22.5. The summed E-state index contributed by atoms with van der Waals surface area (Å²) in [5, 5.41) is 12.1. The van der Waals surface area contributed by atoms with Crippen LogP contribution in [0.25, 0.3) is 0 Å². The number of hydrogen-bond donors (Lipinski definition) is 2. The van der Waals surface area contributed by atoms with Crippen molar-refractivity contribution in [3.8, 4) is 0 Å². The van der Waals surface area contributed by atoms with Crippen LogP contribution in [0.5, 0.6) is 0 Å². The minimum atomic E-state index is -0.524. The van der Waals surface area contributed by atoms with Gasteiger partial charge in [0.15, 0.2) is 0 Å². The van der Waals surface area contributed by atoms with Gasteiger partial charge in [0.05, 0.1) is 12.6 Å². The number of aliphatic hydroxyl groups excluding tert-OH is 1. The standard InChI is InChI=1S/C22H43NO4/c1-4-5-6-7-8-9-10-11-12-13-14-15-16-17-22(27-20(3)26)21(18-24)23-19(2)25/h21-22,24H,4-18H2,1-3H3,(H,23,25)/t21-,22+/m0/s1. The maximum atomic E-state index is 11.3. The molecule has 0 aromatic carbocycles. The van der Waals surface area contributed by atoms with Crippen molar-refractivity contribution in [2.75, 3.05) is 6.61 Å². The molecule has 27 heavy (non-hydrogen) atoms. The summed E-state index contributed by atoms with van der Waals surface area (Å²) in [5.41, 5.74) is 0. The zero-order valence-electron chi connectivity index (χ0n) is 17.9. The fourth-order valence-corrected chi connectivity index (χ4v) is 3.44. The van der Waals surface area contributed by atoms with Crippen molar-refractivity contribution in [1.29, 1.82) is 0 Å². The third kappa shape index (κ3) is 16.8. The molecule has 0 spiro atoms. The van der Waals surface area contributed by atoms with Crippen molar-refractivity contribution in [3.63, 3.8) is 0 Å². The molecule has 0 fully saturated rings. The molecule has 0 aromatic heterocycles. The minimum absolute atomic E-state index is 0.225. The monoisotopic (exact) mass is 385 g/mol.